The Morgan fingerprint density at radius 1 is 1.03 bits per heavy atom. The third-order valence-electron chi connectivity index (χ3n) is 4.72. The Kier molecular flexibility index (Phi) is 8.54. The molecule has 0 bridgehead atoms. The number of nitro benzene ring substituents is 1. The van der Waals surface area contributed by atoms with Crippen LogP contribution in [-0.2, 0) is 23.8 Å². The number of ether oxygens (including phenoxy) is 3. The van der Waals surface area contributed by atoms with E-state index in [0.29, 0.717) is 17.0 Å². The molecule has 0 saturated heterocycles. The molecule has 1 aliphatic rings. The SMILES string of the molecule is CC1=C(C(=O)OCCOC(C)C)[C@H](c2cccc([N+](=O)[O-])c2)C(C(=O)OC(C)C)=C(C)N1. The third-order valence-corrected chi connectivity index (χ3v) is 4.72. The molecule has 0 aromatic heterocycles. The molecule has 0 unspecified atom stereocenters. The average Bonchev–Trinajstić information content (AvgIpc) is 2.69. The highest BCUT2D eigenvalue weighted by atomic mass is 16.6. The first kappa shape index (κ1) is 25.1. The molecule has 2 rings (SSSR count). The number of carbonyl (C=O) groups is 2. The summed E-state index contributed by atoms with van der Waals surface area (Å²) in [6.07, 6.45) is -0.393. The van der Waals surface area contributed by atoms with Gasteiger partial charge in [0.2, 0.25) is 0 Å². The summed E-state index contributed by atoms with van der Waals surface area (Å²) >= 11 is 0. The van der Waals surface area contributed by atoms with E-state index < -0.39 is 22.8 Å². The fourth-order valence-corrected chi connectivity index (χ4v) is 3.46. The first-order valence-corrected chi connectivity index (χ1v) is 10.5. The molecule has 1 heterocycles. The normalized spacial score (nSPS) is 16.3. The molecule has 0 amide bonds. The number of nitro groups is 1. The maximum atomic E-state index is 13.1. The van der Waals surface area contributed by atoms with Gasteiger partial charge in [0.05, 0.1) is 40.8 Å². The summed E-state index contributed by atoms with van der Waals surface area (Å²) in [5.41, 5.74) is 1.66. The van der Waals surface area contributed by atoms with Gasteiger partial charge >= 0.3 is 11.9 Å². The molecule has 1 aliphatic heterocycles. The maximum absolute atomic E-state index is 13.1. The lowest BCUT2D eigenvalue weighted by molar-refractivity contribution is -0.384. The van der Waals surface area contributed by atoms with Gasteiger partial charge in [-0.1, -0.05) is 12.1 Å². The molecule has 1 aromatic rings. The summed E-state index contributed by atoms with van der Waals surface area (Å²) in [7, 11) is 0. The number of non-ortho nitro benzene ring substituents is 1. The van der Waals surface area contributed by atoms with Crippen LogP contribution in [0.3, 0.4) is 0 Å². The van der Waals surface area contributed by atoms with E-state index >= 15 is 0 Å². The summed E-state index contributed by atoms with van der Waals surface area (Å²) in [5, 5.41) is 14.4. The van der Waals surface area contributed by atoms with Crippen molar-refractivity contribution in [2.45, 2.75) is 59.7 Å². The molecule has 174 valence electrons. The van der Waals surface area contributed by atoms with E-state index in [1.807, 2.05) is 13.8 Å². The van der Waals surface area contributed by atoms with E-state index in [0.717, 1.165) is 0 Å². The monoisotopic (exact) mass is 446 g/mol. The van der Waals surface area contributed by atoms with Gasteiger partial charge in [0.25, 0.3) is 5.69 Å². The Morgan fingerprint density at radius 3 is 2.22 bits per heavy atom. The molecular formula is C23H30N2O7. The zero-order valence-corrected chi connectivity index (χ0v) is 19.3. The quantitative estimate of drug-likeness (QED) is 0.264. The van der Waals surface area contributed by atoms with Gasteiger partial charge in [-0.2, -0.15) is 0 Å². The van der Waals surface area contributed by atoms with Crippen LogP contribution in [0.15, 0.2) is 46.8 Å². The van der Waals surface area contributed by atoms with Gasteiger partial charge in [0, 0.05) is 23.5 Å². The van der Waals surface area contributed by atoms with Crippen LogP contribution in [0.2, 0.25) is 0 Å². The van der Waals surface area contributed by atoms with Gasteiger partial charge in [-0.3, -0.25) is 10.1 Å². The Labute approximate surface area is 187 Å². The van der Waals surface area contributed by atoms with E-state index in [-0.39, 0.29) is 42.3 Å². The van der Waals surface area contributed by atoms with Gasteiger partial charge in [0.15, 0.2) is 0 Å². The number of hydrogen-bond acceptors (Lipinski definition) is 8. The minimum Gasteiger partial charge on any atom is -0.460 e. The molecule has 9 heteroatoms. The molecule has 0 spiro atoms. The second-order valence-corrected chi connectivity index (χ2v) is 8.00. The number of nitrogens with one attached hydrogen (secondary N) is 1. The minimum absolute atomic E-state index is 0.00777. The summed E-state index contributed by atoms with van der Waals surface area (Å²) in [5.74, 6) is -2.13. The number of allylic oxidation sites excluding steroid dienone is 2. The zero-order chi connectivity index (χ0) is 24.0. The van der Waals surface area contributed by atoms with Gasteiger partial charge in [-0.25, -0.2) is 9.59 Å². The molecular weight excluding hydrogens is 416 g/mol. The molecule has 1 atom stereocenters. The van der Waals surface area contributed by atoms with Gasteiger partial charge in [0.1, 0.15) is 6.61 Å². The Hall–Kier alpha value is -3.20. The minimum atomic E-state index is -0.888. The highest BCUT2D eigenvalue weighted by Gasteiger charge is 2.38. The summed E-state index contributed by atoms with van der Waals surface area (Å²) in [4.78, 5) is 36.9. The predicted molar refractivity (Wildman–Crippen MR) is 118 cm³/mol. The van der Waals surface area contributed by atoms with Crippen LogP contribution < -0.4 is 5.32 Å². The van der Waals surface area contributed by atoms with Crippen LogP contribution in [0.25, 0.3) is 0 Å². The lowest BCUT2D eigenvalue weighted by atomic mass is 9.80. The van der Waals surface area contributed by atoms with Crippen molar-refractivity contribution in [2.75, 3.05) is 13.2 Å². The molecule has 1 N–H and O–H groups in total. The van der Waals surface area contributed by atoms with Gasteiger partial charge in [-0.15, -0.1) is 0 Å². The van der Waals surface area contributed by atoms with Crippen molar-refractivity contribution in [1.82, 2.24) is 5.32 Å². The predicted octanol–water partition coefficient (Wildman–Crippen LogP) is 3.75. The van der Waals surface area contributed by atoms with Crippen LogP contribution >= 0.6 is 0 Å². The number of esters is 2. The Morgan fingerprint density at radius 2 is 1.66 bits per heavy atom. The largest absolute Gasteiger partial charge is 0.460 e. The van der Waals surface area contributed by atoms with Crippen molar-refractivity contribution < 1.29 is 28.7 Å². The maximum Gasteiger partial charge on any atom is 0.337 e. The van der Waals surface area contributed by atoms with Crippen molar-refractivity contribution in [3.05, 3.63) is 62.5 Å². The van der Waals surface area contributed by atoms with Crippen molar-refractivity contribution in [3.8, 4) is 0 Å². The molecule has 1 aromatic carbocycles. The second-order valence-electron chi connectivity index (χ2n) is 8.00. The van der Waals surface area contributed by atoms with E-state index in [4.69, 9.17) is 14.2 Å². The highest BCUT2D eigenvalue weighted by Crippen LogP contribution is 2.40. The molecule has 0 radical (unpaired) electrons. The zero-order valence-electron chi connectivity index (χ0n) is 19.3. The number of nitrogens with zero attached hydrogens (tertiary/aromatic N) is 1. The average molecular weight is 447 g/mol. The summed E-state index contributed by atoms with van der Waals surface area (Å²) in [6, 6.07) is 5.87. The van der Waals surface area contributed by atoms with Crippen molar-refractivity contribution in [3.63, 3.8) is 0 Å². The van der Waals surface area contributed by atoms with Crippen LogP contribution in [0.5, 0.6) is 0 Å². The van der Waals surface area contributed by atoms with Crippen molar-refractivity contribution in [1.29, 1.82) is 0 Å². The fourth-order valence-electron chi connectivity index (χ4n) is 3.46. The fraction of sp³-hybridized carbons (Fsp3) is 0.478. The van der Waals surface area contributed by atoms with Crippen LogP contribution in [-0.4, -0.2) is 42.3 Å². The van der Waals surface area contributed by atoms with E-state index in [1.165, 1.54) is 18.2 Å². The summed E-state index contributed by atoms with van der Waals surface area (Å²) < 4.78 is 16.2. The Bertz CT molecular complexity index is 947. The lowest BCUT2D eigenvalue weighted by Gasteiger charge is -2.30. The standard InChI is InChI=1S/C23H30N2O7/c1-13(2)30-10-11-31-22(26)19-15(5)24-16(6)20(23(27)32-14(3)4)21(19)17-8-7-9-18(12-17)25(28)29/h7-9,12-14,21,24H,10-11H2,1-6H3/t21-/m0/s1. The first-order valence-electron chi connectivity index (χ1n) is 10.5. The summed E-state index contributed by atoms with van der Waals surface area (Å²) in [6.45, 7) is 10.8. The second kappa shape index (κ2) is 10.9. The van der Waals surface area contributed by atoms with E-state index in [2.05, 4.69) is 5.32 Å². The number of dihydropyridines is 1. The van der Waals surface area contributed by atoms with E-state index in [9.17, 15) is 19.7 Å². The topological polar surface area (TPSA) is 117 Å². The number of rotatable bonds is 9. The van der Waals surface area contributed by atoms with Crippen LogP contribution in [0, 0.1) is 10.1 Å². The number of carbonyl (C=O) groups excluding carboxylic acids is 2. The highest BCUT2D eigenvalue weighted by molar-refractivity contribution is 6.00. The number of hydrogen-bond donors (Lipinski definition) is 1. The number of benzene rings is 1. The lowest BCUT2D eigenvalue weighted by Crippen LogP contribution is -2.33. The smallest absolute Gasteiger partial charge is 0.337 e. The van der Waals surface area contributed by atoms with Crippen molar-refractivity contribution >= 4 is 17.6 Å². The van der Waals surface area contributed by atoms with Gasteiger partial charge in [-0.05, 0) is 47.1 Å². The molecule has 0 fully saturated rings. The van der Waals surface area contributed by atoms with Gasteiger partial charge < -0.3 is 19.5 Å². The third kappa shape index (κ3) is 6.16. The first-order chi connectivity index (χ1) is 15.0. The Balaban J connectivity index is 2.51. The molecule has 9 nitrogen and oxygen atoms in total. The van der Waals surface area contributed by atoms with Crippen LogP contribution in [0.1, 0.15) is 53.0 Å². The molecule has 0 saturated carbocycles. The molecule has 32 heavy (non-hydrogen) atoms. The van der Waals surface area contributed by atoms with Crippen LogP contribution in [0.4, 0.5) is 5.69 Å². The van der Waals surface area contributed by atoms with Crippen molar-refractivity contribution in [2.24, 2.45) is 0 Å². The van der Waals surface area contributed by atoms with E-state index in [1.54, 1.807) is 33.8 Å². The molecule has 0 aliphatic carbocycles.